The Morgan fingerprint density at radius 2 is 1.94 bits per heavy atom. The van der Waals surface area contributed by atoms with Crippen LogP contribution < -0.4 is 0 Å². The molecular weight excluding hydrogens is 288 g/mol. The Balaban J connectivity index is 2.28. The van der Waals surface area contributed by atoms with Gasteiger partial charge in [0.2, 0.25) is 0 Å². The van der Waals surface area contributed by atoms with Crippen LogP contribution in [0, 0.1) is 5.92 Å². The van der Waals surface area contributed by atoms with Gasteiger partial charge in [-0.2, -0.15) is 0 Å². The Morgan fingerprint density at radius 1 is 1.22 bits per heavy atom. The van der Waals surface area contributed by atoms with Crippen molar-refractivity contribution in [2.45, 2.75) is 32.3 Å². The molecule has 0 bridgehead atoms. The van der Waals surface area contributed by atoms with E-state index in [1.54, 1.807) is 0 Å². The summed E-state index contributed by atoms with van der Waals surface area (Å²) in [5, 5.41) is 12.9. The first-order chi connectivity index (χ1) is 8.66. The fraction of sp³-hybridized carbons (Fsp3) is 0.375. The molecule has 2 aromatic rings. The quantitative estimate of drug-likeness (QED) is 0.705. The molecule has 1 aliphatic carbocycles. The van der Waals surface area contributed by atoms with E-state index in [1.807, 2.05) is 0 Å². The van der Waals surface area contributed by atoms with Crippen molar-refractivity contribution in [2.75, 3.05) is 0 Å². The maximum absolute atomic E-state index is 10.4. The number of halogens is 1. The Bertz CT molecular complexity index is 591. The van der Waals surface area contributed by atoms with E-state index in [-0.39, 0.29) is 6.10 Å². The Labute approximate surface area is 116 Å². The molecular formula is C16H17BrO. The molecule has 2 atom stereocenters. The van der Waals surface area contributed by atoms with Gasteiger partial charge in [0.1, 0.15) is 0 Å². The van der Waals surface area contributed by atoms with Crippen LogP contribution >= 0.6 is 15.9 Å². The van der Waals surface area contributed by atoms with Gasteiger partial charge in [-0.25, -0.2) is 0 Å². The van der Waals surface area contributed by atoms with Gasteiger partial charge in [-0.05, 0) is 53.1 Å². The minimum absolute atomic E-state index is 0.321. The van der Waals surface area contributed by atoms with Crippen LogP contribution in [0.1, 0.15) is 37.0 Å². The monoisotopic (exact) mass is 304 g/mol. The van der Waals surface area contributed by atoms with E-state index < -0.39 is 0 Å². The lowest BCUT2D eigenvalue weighted by Gasteiger charge is -2.16. The van der Waals surface area contributed by atoms with E-state index in [2.05, 4.69) is 53.2 Å². The maximum Gasteiger partial charge on any atom is 0.0795 e. The normalized spacial score (nSPS) is 23.7. The molecule has 1 nitrogen and oxygen atoms in total. The maximum atomic E-state index is 10.4. The number of aliphatic hydroxyl groups excluding tert-OH is 1. The van der Waals surface area contributed by atoms with E-state index in [4.69, 9.17) is 0 Å². The van der Waals surface area contributed by atoms with Gasteiger partial charge >= 0.3 is 0 Å². The van der Waals surface area contributed by atoms with Gasteiger partial charge in [0.15, 0.2) is 0 Å². The fourth-order valence-electron chi connectivity index (χ4n) is 3.00. The number of hydrogen-bond donors (Lipinski definition) is 1. The summed E-state index contributed by atoms with van der Waals surface area (Å²) in [6.45, 7) is 2.23. The molecule has 1 aliphatic rings. The largest absolute Gasteiger partial charge is 0.388 e. The minimum atomic E-state index is -0.321. The van der Waals surface area contributed by atoms with Gasteiger partial charge in [0.25, 0.3) is 0 Å². The molecule has 0 saturated carbocycles. The summed E-state index contributed by atoms with van der Waals surface area (Å²) in [6.07, 6.45) is 2.79. The molecule has 0 aliphatic heterocycles. The zero-order valence-corrected chi connectivity index (χ0v) is 12.1. The molecule has 0 amide bonds. The highest BCUT2D eigenvalue weighted by Gasteiger charge is 2.22. The van der Waals surface area contributed by atoms with Crippen LogP contribution in [-0.4, -0.2) is 5.11 Å². The first kappa shape index (κ1) is 12.2. The van der Waals surface area contributed by atoms with E-state index in [9.17, 15) is 5.11 Å². The second-order valence-corrected chi connectivity index (χ2v) is 6.22. The zero-order valence-electron chi connectivity index (χ0n) is 10.5. The molecule has 0 fully saturated rings. The van der Waals surface area contributed by atoms with Gasteiger partial charge in [-0.3, -0.25) is 0 Å². The number of rotatable bonds is 0. The average molecular weight is 305 g/mol. The van der Waals surface area contributed by atoms with Crippen LogP contribution in [0.3, 0.4) is 0 Å². The summed E-state index contributed by atoms with van der Waals surface area (Å²) in [4.78, 5) is 0. The molecule has 1 N–H and O–H groups in total. The van der Waals surface area contributed by atoms with Crippen LogP contribution in [0.15, 0.2) is 34.8 Å². The summed E-state index contributed by atoms with van der Waals surface area (Å²) >= 11 is 3.63. The summed E-state index contributed by atoms with van der Waals surface area (Å²) in [5.74, 6) is 0.588. The van der Waals surface area contributed by atoms with Crippen molar-refractivity contribution in [2.24, 2.45) is 5.92 Å². The second kappa shape index (κ2) is 4.67. The van der Waals surface area contributed by atoms with E-state index in [0.717, 1.165) is 29.3 Å². The van der Waals surface area contributed by atoms with Crippen LogP contribution in [0.2, 0.25) is 0 Å². The van der Waals surface area contributed by atoms with E-state index >= 15 is 0 Å². The third-order valence-corrected chi connectivity index (χ3v) is 4.67. The van der Waals surface area contributed by atoms with Crippen molar-refractivity contribution in [3.8, 4) is 0 Å². The van der Waals surface area contributed by atoms with Crippen molar-refractivity contribution in [3.05, 3.63) is 45.9 Å². The van der Waals surface area contributed by atoms with Gasteiger partial charge in [-0.15, -0.1) is 0 Å². The molecule has 0 radical (unpaired) electrons. The van der Waals surface area contributed by atoms with E-state index in [0.29, 0.717) is 5.92 Å². The summed E-state index contributed by atoms with van der Waals surface area (Å²) in [7, 11) is 0. The van der Waals surface area contributed by atoms with Crippen molar-refractivity contribution in [1.29, 1.82) is 0 Å². The lowest BCUT2D eigenvalue weighted by Crippen LogP contribution is -2.02. The predicted octanol–water partition coefficient (Wildman–Crippen LogP) is 4.61. The summed E-state index contributed by atoms with van der Waals surface area (Å²) in [6, 6.07) is 10.6. The van der Waals surface area contributed by atoms with Crippen molar-refractivity contribution >= 4 is 26.7 Å². The van der Waals surface area contributed by atoms with Crippen molar-refractivity contribution in [1.82, 2.24) is 0 Å². The fourth-order valence-corrected chi connectivity index (χ4v) is 3.60. The molecule has 2 unspecified atom stereocenters. The number of aryl methyl sites for hydroxylation is 1. The van der Waals surface area contributed by atoms with Crippen LogP contribution in [0.5, 0.6) is 0 Å². The topological polar surface area (TPSA) is 20.2 Å². The van der Waals surface area contributed by atoms with E-state index in [1.165, 1.54) is 16.3 Å². The molecule has 18 heavy (non-hydrogen) atoms. The molecule has 0 spiro atoms. The van der Waals surface area contributed by atoms with Gasteiger partial charge in [0.05, 0.1) is 6.10 Å². The third kappa shape index (κ3) is 1.98. The Kier molecular flexibility index (Phi) is 3.16. The highest BCUT2D eigenvalue weighted by atomic mass is 79.9. The first-order valence-corrected chi connectivity index (χ1v) is 7.34. The highest BCUT2D eigenvalue weighted by Crippen LogP contribution is 2.38. The van der Waals surface area contributed by atoms with Gasteiger partial charge in [0, 0.05) is 4.47 Å². The molecule has 2 heteroatoms. The standard InChI is InChI=1S/C16H17BrO/c1-10-6-7-12-11-4-2-3-5-13(11)15(17)9-14(12)16(18)8-10/h2-5,9-10,16,18H,6-8H2,1H3. The molecule has 94 valence electrons. The lowest BCUT2D eigenvalue weighted by atomic mass is 9.94. The number of hydrogen-bond acceptors (Lipinski definition) is 1. The Hall–Kier alpha value is -0.860. The van der Waals surface area contributed by atoms with Crippen LogP contribution in [0.25, 0.3) is 10.8 Å². The summed E-state index contributed by atoms with van der Waals surface area (Å²) < 4.78 is 1.09. The molecule has 0 saturated heterocycles. The summed E-state index contributed by atoms with van der Waals surface area (Å²) in [5.41, 5.74) is 2.45. The molecule has 0 aromatic heterocycles. The van der Waals surface area contributed by atoms with Gasteiger partial charge in [-0.1, -0.05) is 47.1 Å². The second-order valence-electron chi connectivity index (χ2n) is 5.37. The molecule has 3 rings (SSSR count). The van der Waals surface area contributed by atoms with Crippen molar-refractivity contribution < 1.29 is 5.11 Å². The third-order valence-electron chi connectivity index (χ3n) is 4.01. The lowest BCUT2D eigenvalue weighted by molar-refractivity contribution is 0.150. The molecule has 0 heterocycles. The molecule has 2 aromatic carbocycles. The smallest absolute Gasteiger partial charge is 0.0795 e. The Morgan fingerprint density at radius 3 is 2.72 bits per heavy atom. The average Bonchev–Trinajstić information content (AvgIpc) is 2.50. The first-order valence-electron chi connectivity index (χ1n) is 6.55. The van der Waals surface area contributed by atoms with Gasteiger partial charge < -0.3 is 5.11 Å². The highest BCUT2D eigenvalue weighted by molar-refractivity contribution is 9.10. The number of benzene rings is 2. The van der Waals surface area contributed by atoms with Crippen LogP contribution in [0.4, 0.5) is 0 Å². The minimum Gasteiger partial charge on any atom is -0.388 e. The number of fused-ring (bicyclic) bond motifs is 3. The van der Waals surface area contributed by atoms with Crippen LogP contribution in [-0.2, 0) is 6.42 Å². The zero-order chi connectivity index (χ0) is 12.7. The SMILES string of the molecule is CC1CCc2c(cc(Br)c3ccccc23)C(O)C1. The van der Waals surface area contributed by atoms with Crippen molar-refractivity contribution in [3.63, 3.8) is 0 Å². The number of aliphatic hydroxyl groups is 1. The predicted molar refractivity (Wildman–Crippen MR) is 78.7 cm³/mol.